The summed E-state index contributed by atoms with van der Waals surface area (Å²) in [4.78, 5) is 9.59. The van der Waals surface area contributed by atoms with Gasteiger partial charge in [-0.3, -0.25) is 14.8 Å². The second-order valence-corrected chi connectivity index (χ2v) is 7.52. The highest BCUT2D eigenvalue weighted by atomic mass is 127. The molecule has 3 saturated heterocycles. The van der Waals surface area contributed by atoms with Gasteiger partial charge in [0.1, 0.15) is 0 Å². The minimum atomic E-state index is 0. The molecular formula is C18H36IN5. The van der Waals surface area contributed by atoms with E-state index < -0.39 is 0 Å². The van der Waals surface area contributed by atoms with Gasteiger partial charge >= 0.3 is 0 Å². The number of hydrogen-bond donors (Lipinski definition) is 2. The average molecular weight is 449 g/mol. The van der Waals surface area contributed by atoms with Crippen LogP contribution in [0.2, 0.25) is 0 Å². The third-order valence-corrected chi connectivity index (χ3v) is 5.93. The SMILES string of the molecule is CN=C(NCCCCC1CCCC1)NCC1CN2CCN1CC2.I. The molecule has 0 spiro atoms. The first-order valence-electron chi connectivity index (χ1n) is 9.76. The Morgan fingerprint density at radius 3 is 2.42 bits per heavy atom. The summed E-state index contributed by atoms with van der Waals surface area (Å²) in [5, 5.41) is 7.01. The van der Waals surface area contributed by atoms with Crippen LogP contribution in [-0.4, -0.2) is 74.7 Å². The predicted molar refractivity (Wildman–Crippen MR) is 112 cm³/mol. The van der Waals surface area contributed by atoms with Crippen LogP contribution < -0.4 is 10.6 Å². The molecule has 0 aromatic carbocycles. The van der Waals surface area contributed by atoms with Crippen LogP contribution in [-0.2, 0) is 0 Å². The van der Waals surface area contributed by atoms with Crippen molar-refractivity contribution >= 4 is 29.9 Å². The summed E-state index contributed by atoms with van der Waals surface area (Å²) in [6.45, 7) is 8.25. The molecule has 140 valence electrons. The molecule has 5 nitrogen and oxygen atoms in total. The lowest BCUT2D eigenvalue weighted by Crippen LogP contribution is -2.63. The van der Waals surface area contributed by atoms with Gasteiger partial charge in [0, 0.05) is 58.9 Å². The van der Waals surface area contributed by atoms with Crippen LogP contribution in [0.15, 0.2) is 4.99 Å². The quantitative estimate of drug-likeness (QED) is 0.271. The monoisotopic (exact) mass is 449 g/mol. The van der Waals surface area contributed by atoms with Gasteiger partial charge in [0.15, 0.2) is 5.96 Å². The molecule has 1 aliphatic carbocycles. The van der Waals surface area contributed by atoms with E-state index in [4.69, 9.17) is 0 Å². The third-order valence-electron chi connectivity index (χ3n) is 5.93. The van der Waals surface area contributed by atoms with Gasteiger partial charge in [-0.2, -0.15) is 0 Å². The van der Waals surface area contributed by atoms with E-state index in [-0.39, 0.29) is 24.0 Å². The normalized spacial score (nSPS) is 30.2. The van der Waals surface area contributed by atoms with Crippen molar-refractivity contribution in [2.75, 3.05) is 52.9 Å². The summed E-state index contributed by atoms with van der Waals surface area (Å²) >= 11 is 0. The van der Waals surface area contributed by atoms with Gasteiger partial charge in [-0.1, -0.05) is 38.5 Å². The van der Waals surface area contributed by atoms with Crippen molar-refractivity contribution in [2.45, 2.75) is 51.0 Å². The number of nitrogens with one attached hydrogen (secondary N) is 2. The number of rotatable bonds is 7. The lowest BCUT2D eigenvalue weighted by atomic mass is 10.0. The summed E-state index contributed by atoms with van der Waals surface area (Å²) in [5.41, 5.74) is 0. The topological polar surface area (TPSA) is 42.9 Å². The molecule has 1 atom stereocenters. The zero-order valence-electron chi connectivity index (χ0n) is 15.3. The summed E-state index contributed by atoms with van der Waals surface area (Å²) in [5.74, 6) is 2.00. The number of hydrogen-bond acceptors (Lipinski definition) is 3. The molecule has 1 unspecified atom stereocenters. The van der Waals surface area contributed by atoms with Crippen LogP contribution in [0.25, 0.3) is 0 Å². The van der Waals surface area contributed by atoms with E-state index in [1.54, 1.807) is 0 Å². The van der Waals surface area contributed by atoms with Gasteiger partial charge in [-0.25, -0.2) is 0 Å². The molecule has 4 rings (SSSR count). The number of fused-ring (bicyclic) bond motifs is 3. The van der Waals surface area contributed by atoms with Crippen molar-refractivity contribution in [2.24, 2.45) is 10.9 Å². The lowest BCUT2D eigenvalue weighted by molar-refractivity contribution is 0.0154. The van der Waals surface area contributed by atoms with Crippen LogP contribution in [0.1, 0.15) is 44.9 Å². The summed E-state index contributed by atoms with van der Waals surface area (Å²) in [6.07, 6.45) is 9.95. The number of guanidine groups is 1. The number of halogens is 1. The highest BCUT2D eigenvalue weighted by Gasteiger charge is 2.31. The number of nitrogens with zero attached hydrogens (tertiary/aromatic N) is 3. The molecule has 1 saturated carbocycles. The minimum absolute atomic E-state index is 0. The van der Waals surface area contributed by atoms with E-state index in [0.29, 0.717) is 6.04 Å². The van der Waals surface area contributed by atoms with E-state index in [1.165, 1.54) is 77.7 Å². The number of piperazine rings is 3. The Bertz CT molecular complexity index is 376. The summed E-state index contributed by atoms with van der Waals surface area (Å²) in [6, 6.07) is 0.651. The number of unbranched alkanes of at least 4 members (excludes halogenated alkanes) is 1. The van der Waals surface area contributed by atoms with Gasteiger partial charge in [-0.15, -0.1) is 24.0 Å². The molecule has 0 radical (unpaired) electrons. The Labute approximate surface area is 165 Å². The predicted octanol–water partition coefficient (Wildman–Crippen LogP) is 2.13. The van der Waals surface area contributed by atoms with Crippen molar-refractivity contribution < 1.29 is 0 Å². The van der Waals surface area contributed by atoms with Gasteiger partial charge < -0.3 is 10.6 Å². The molecule has 24 heavy (non-hydrogen) atoms. The maximum Gasteiger partial charge on any atom is 0.191 e. The first-order valence-corrected chi connectivity index (χ1v) is 9.76. The highest BCUT2D eigenvalue weighted by molar-refractivity contribution is 14.0. The fourth-order valence-electron chi connectivity index (χ4n) is 4.42. The first kappa shape index (κ1) is 20.2. The molecule has 3 heterocycles. The second-order valence-electron chi connectivity index (χ2n) is 7.52. The summed E-state index contributed by atoms with van der Waals surface area (Å²) < 4.78 is 0. The Morgan fingerprint density at radius 1 is 1.04 bits per heavy atom. The van der Waals surface area contributed by atoms with Crippen molar-refractivity contribution in [1.82, 2.24) is 20.4 Å². The number of aliphatic imine (C=N–C) groups is 1. The van der Waals surface area contributed by atoms with Gasteiger partial charge in [0.2, 0.25) is 0 Å². The molecule has 4 aliphatic rings. The van der Waals surface area contributed by atoms with Crippen LogP contribution in [0, 0.1) is 5.92 Å². The van der Waals surface area contributed by atoms with Crippen LogP contribution in [0.3, 0.4) is 0 Å². The van der Waals surface area contributed by atoms with Crippen molar-refractivity contribution in [3.8, 4) is 0 Å². The molecule has 0 amide bonds. The molecule has 4 fully saturated rings. The van der Waals surface area contributed by atoms with Crippen LogP contribution in [0.4, 0.5) is 0 Å². The Hall–Kier alpha value is -0.0800. The zero-order valence-corrected chi connectivity index (χ0v) is 17.6. The molecule has 0 aromatic rings. The van der Waals surface area contributed by atoms with E-state index in [1.807, 2.05) is 7.05 Å². The smallest absolute Gasteiger partial charge is 0.191 e. The zero-order chi connectivity index (χ0) is 15.9. The third kappa shape index (κ3) is 6.02. The molecule has 2 bridgehead atoms. The van der Waals surface area contributed by atoms with Crippen molar-refractivity contribution in [1.29, 1.82) is 0 Å². The van der Waals surface area contributed by atoms with Crippen molar-refractivity contribution in [3.63, 3.8) is 0 Å². The summed E-state index contributed by atoms with van der Waals surface area (Å²) in [7, 11) is 1.88. The fourth-order valence-corrected chi connectivity index (χ4v) is 4.42. The molecule has 0 aromatic heterocycles. The molecular weight excluding hydrogens is 413 g/mol. The fraction of sp³-hybridized carbons (Fsp3) is 0.944. The maximum absolute atomic E-state index is 4.37. The molecule has 2 N–H and O–H groups in total. The minimum Gasteiger partial charge on any atom is -0.356 e. The molecule has 3 aliphatic heterocycles. The molecule has 6 heteroatoms. The maximum atomic E-state index is 4.37. The largest absolute Gasteiger partial charge is 0.356 e. The standard InChI is InChI=1S/C18H35N5.HI/c1-19-18(20-9-5-4-8-16-6-2-3-7-16)21-14-17-15-22-10-12-23(17)13-11-22;/h16-17H,2-15H2,1H3,(H2,19,20,21);1H. The Kier molecular flexibility index (Phi) is 9.11. The van der Waals surface area contributed by atoms with Crippen LogP contribution in [0.5, 0.6) is 0 Å². The second kappa shape index (κ2) is 10.8. The van der Waals surface area contributed by atoms with Gasteiger partial charge in [0.05, 0.1) is 0 Å². The highest BCUT2D eigenvalue weighted by Crippen LogP contribution is 2.28. The van der Waals surface area contributed by atoms with E-state index in [2.05, 4.69) is 25.4 Å². The van der Waals surface area contributed by atoms with Crippen molar-refractivity contribution in [3.05, 3.63) is 0 Å². The van der Waals surface area contributed by atoms with Gasteiger partial charge in [-0.05, 0) is 12.3 Å². The van der Waals surface area contributed by atoms with E-state index in [9.17, 15) is 0 Å². The van der Waals surface area contributed by atoms with Crippen LogP contribution >= 0.6 is 24.0 Å². The first-order chi connectivity index (χ1) is 11.3. The van der Waals surface area contributed by atoms with E-state index in [0.717, 1.165) is 25.0 Å². The van der Waals surface area contributed by atoms with Gasteiger partial charge in [0.25, 0.3) is 0 Å². The Balaban J connectivity index is 0.00000208. The average Bonchev–Trinajstić information content (AvgIpc) is 3.12. The lowest BCUT2D eigenvalue weighted by Gasteiger charge is -2.47. The van der Waals surface area contributed by atoms with E-state index >= 15 is 0 Å². The Morgan fingerprint density at radius 2 is 1.79 bits per heavy atom.